The second kappa shape index (κ2) is 10.3. The summed E-state index contributed by atoms with van der Waals surface area (Å²) in [7, 11) is -4.14. The number of hydrogen-bond donors (Lipinski definition) is 0. The highest BCUT2D eigenvalue weighted by molar-refractivity contribution is 7.93. The average Bonchev–Trinajstić information content (AvgIpc) is 2.79. The summed E-state index contributed by atoms with van der Waals surface area (Å²) >= 11 is 0. The van der Waals surface area contributed by atoms with Gasteiger partial charge in [0.15, 0.2) is 18.1 Å². The normalized spacial score (nSPS) is 11.1. The van der Waals surface area contributed by atoms with Crippen molar-refractivity contribution in [2.75, 3.05) is 17.5 Å². The van der Waals surface area contributed by atoms with Crippen molar-refractivity contribution in [1.29, 1.82) is 0 Å². The molecular formula is C25H27NO5S. The second-order valence-corrected chi connectivity index (χ2v) is 8.95. The molecule has 0 N–H and O–H groups in total. The van der Waals surface area contributed by atoms with E-state index in [0.29, 0.717) is 18.1 Å². The first-order chi connectivity index (χ1) is 15.4. The maximum atomic E-state index is 13.4. The van der Waals surface area contributed by atoms with Crippen LogP contribution in [0.15, 0.2) is 77.7 Å². The number of hydrogen-bond acceptors (Lipinski definition) is 5. The molecule has 32 heavy (non-hydrogen) atoms. The molecule has 0 bridgehead atoms. The highest BCUT2D eigenvalue weighted by Crippen LogP contribution is 2.28. The van der Waals surface area contributed by atoms with Crippen molar-refractivity contribution in [2.24, 2.45) is 0 Å². The lowest BCUT2D eigenvalue weighted by atomic mass is 10.1. The molecule has 0 unspecified atom stereocenters. The van der Waals surface area contributed by atoms with Crippen LogP contribution in [0.5, 0.6) is 11.5 Å². The van der Waals surface area contributed by atoms with E-state index in [4.69, 9.17) is 9.47 Å². The molecule has 0 aliphatic rings. The summed E-state index contributed by atoms with van der Waals surface area (Å²) in [5, 5.41) is 0. The number of aryl methyl sites for hydroxylation is 2. The summed E-state index contributed by atoms with van der Waals surface area (Å²) in [5.41, 5.74) is 2.22. The molecule has 0 aliphatic heterocycles. The monoisotopic (exact) mass is 453 g/mol. The molecule has 3 rings (SSSR count). The van der Waals surface area contributed by atoms with Crippen LogP contribution in [0.25, 0.3) is 0 Å². The first kappa shape index (κ1) is 23.3. The van der Waals surface area contributed by atoms with E-state index in [0.717, 1.165) is 21.9 Å². The lowest BCUT2D eigenvalue weighted by Gasteiger charge is -2.23. The number of carbonyl (C=O) groups is 1. The van der Waals surface area contributed by atoms with E-state index in [2.05, 4.69) is 0 Å². The van der Waals surface area contributed by atoms with E-state index in [1.165, 1.54) is 12.1 Å². The van der Waals surface area contributed by atoms with Gasteiger partial charge < -0.3 is 9.47 Å². The van der Waals surface area contributed by atoms with Gasteiger partial charge in [0.1, 0.15) is 0 Å². The van der Waals surface area contributed by atoms with Crippen molar-refractivity contribution in [3.05, 3.63) is 83.9 Å². The number of carbonyl (C=O) groups excluding carboxylic acids is 1. The minimum absolute atomic E-state index is 0.0331. The third-order valence-corrected chi connectivity index (χ3v) is 6.63. The number of ether oxygens (including phenoxy) is 2. The number of sulfonamides is 1. The Morgan fingerprint density at radius 1 is 0.844 bits per heavy atom. The van der Waals surface area contributed by atoms with Crippen LogP contribution in [0.4, 0.5) is 5.69 Å². The summed E-state index contributed by atoms with van der Waals surface area (Å²) in [4.78, 5) is 13.2. The molecule has 1 amide bonds. The van der Waals surface area contributed by atoms with Crippen molar-refractivity contribution >= 4 is 21.6 Å². The predicted octanol–water partition coefficient (Wildman–Crippen LogP) is 4.76. The second-order valence-electron chi connectivity index (χ2n) is 7.16. The molecule has 0 aromatic heterocycles. The standard InChI is InChI=1S/C25H27NO5S/c1-4-20-12-14-21(15-13-20)26(32(28,29)22-16-10-19(3)11-17-22)25(27)18-31-24-9-7-6-8-23(24)30-5-2/h6-17H,4-5,18H2,1-3H3. The molecular weight excluding hydrogens is 426 g/mol. The van der Waals surface area contributed by atoms with Crippen molar-refractivity contribution in [3.8, 4) is 11.5 Å². The van der Waals surface area contributed by atoms with Gasteiger partial charge in [0.2, 0.25) is 0 Å². The Balaban J connectivity index is 1.95. The van der Waals surface area contributed by atoms with Crippen LogP contribution < -0.4 is 13.8 Å². The van der Waals surface area contributed by atoms with E-state index in [9.17, 15) is 13.2 Å². The summed E-state index contributed by atoms with van der Waals surface area (Å²) in [6.07, 6.45) is 0.802. The molecule has 0 spiro atoms. The average molecular weight is 454 g/mol. The molecule has 168 valence electrons. The molecule has 3 aromatic rings. The summed E-state index contributed by atoms with van der Waals surface area (Å²) in [6, 6.07) is 20.2. The van der Waals surface area contributed by atoms with Gasteiger partial charge in [0.05, 0.1) is 17.2 Å². The number of benzene rings is 3. The molecule has 3 aromatic carbocycles. The Bertz CT molecular complexity index is 1160. The van der Waals surface area contributed by atoms with E-state index in [1.54, 1.807) is 48.5 Å². The van der Waals surface area contributed by atoms with E-state index in [1.807, 2.05) is 32.9 Å². The largest absolute Gasteiger partial charge is 0.490 e. The maximum Gasteiger partial charge on any atom is 0.278 e. The summed E-state index contributed by atoms with van der Waals surface area (Å²) in [5.74, 6) is 0.154. The van der Waals surface area contributed by atoms with Crippen LogP contribution in [0.1, 0.15) is 25.0 Å². The molecule has 0 saturated carbocycles. The molecule has 0 fully saturated rings. The molecule has 7 heteroatoms. The number of rotatable bonds is 9. The first-order valence-electron chi connectivity index (χ1n) is 10.4. The molecule has 0 radical (unpaired) electrons. The first-order valence-corrected chi connectivity index (χ1v) is 11.9. The van der Waals surface area contributed by atoms with Crippen molar-refractivity contribution in [3.63, 3.8) is 0 Å². The van der Waals surface area contributed by atoms with Crippen molar-refractivity contribution in [2.45, 2.75) is 32.1 Å². The molecule has 0 aliphatic carbocycles. The predicted molar refractivity (Wildman–Crippen MR) is 125 cm³/mol. The van der Waals surface area contributed by atoms with E-state index >= 15 is 0 Å². The van der Waals surface area contributed by atoms with Gasteiger partial charge in [-0.1, -0.05) is 48.9 Å². The number of anilines is 1. The number of amides is 1. The van der Waals surface area contributed by atoms with Gasteiger partial charge in [-0.3, -0.25) is 4.79 Å². The smallest absolute Gasteiger partial charge is 0.278 e. The lowest BCUT2D eigenvalue weighted by molar-refractivity contribution is -0.119. The molecule has 0 heterocycles. The zero-order valence-corrected chi connectivity index (χ0v) is 19.3. The quantitative estimate of drug-likeness (QED) is 0.467. The third-order valence-electron chi connectivity index (χ3n) is 4.86. The van der Waals surface area contributed by atoms with Gasteiger partial charge >= 0.3 is 0 Å². The Morgan fingerprint density at radius 3 is 2.00 bits per heavy atom. The van der Waals surface area contributed by atoms with Crippen LogP contribution in [0, 0.1) is 6.92 Å². The SMILES string of the molecule is CCOc1ccccc1OCC(=O)N(c1ccc(CC)cc1)S(=O)(=O)c1ccc(C)cc1. The van der Waals surface area contributed by atoms with Crippen molar-refractivity contribution < 1.29 is 22.7 Å². The zero-order valence-electron chi connectivity index (χ0n) is 18.4. The van der Waals surface area contributed by atoms with Gasteiger partial charge in [-0.15, -0.1) is 0 Å². The Morgan fingerprint density at radius 2 is 1.44 bits per heavy atom. The van der Waals surface area contributed by atoms with Gasteiger partial charge in [-0.05, 0) is 62.2 Å². The van der Waals surface area contributed by atoms with E-state index < -0.39 is 22.5 Å². The van der Waals surface area contributed by atoms with Gasteiger partial charge in [0, 0.05) is 0 Å². The Labute approximate surface area is 189 Å². The van der Waals surface area contributed by atoms with Crippen LogP contribution in [-0.2, 0) is 21.2 Å². The van der Waals surface area contributed by atoms with Gasteiger partial charge in [-0.2, -0.15) is 4.31 Å². The van der Waals surface area contributed by atoms with Crippen LogP contribution in [0.3, 0.4) is 0 Å². The lowest BCUT2D eigenvalue weighted by Crippen LogP contribution is -2.40. The molecule has 6 nitrogen and oxygen atoms in total. The topological polar surface area (TPSA) is 72.9 Å². The highest BCUT2D eigenvalue weighted by atomic mass is 32.2. The minimum atomic E-state index is -4.14. The summed E-state index contributed by atoms with van der Waals surface area (Å²) < 4.78 is 38.9. The van der Waals surface area contributed by atoms with Crippen LogP contribution in [0.2, 0.25) is 0 Å². The highest BCUT2D eigenvalue weighted by Gasteiger charge is 2.31. The minimum Gasteiger partial charge on any atom is -0.490 e. The third kappa shape index (κ3) is 5.29. The number of nitrogens with zero attached hydrogens (tertiary/aromatic N) is 1. The molecule has 0 atom stereocenters. The molecule has 0 saturated heterocycles. The maximum absolute atomic E-state index is 13.4. The van der Waals surface area contributed by atoms with Crippen LogP contribution in [-0.4, -0.2) is 27.5 Å². The van der Waals surface area contributed by atoms with Crippen molar-refractivity contribution in [1.82, 2.24) is 0 Å². The fourth-order valence-corrected chi connectivity index (χ4v) is 4.55. The Hall–Kier alpha value is -3.32. The number of para-hydroxylation sites is 2. The fourth-order valence-electron chi connectivity index (χ4n) is 3.14. The summed E-state index contributed by atoms with van der Waals surface area (Å²) in [6.45, 7) is 5.69. The van der Waals surface area contributed by atoms with Gasteiger partial charge in [0.25, 0.3) is 15.9 Å². The van der Waals surface area contributed by atoms with E-state index in [-0.39, 0.29) is 10.6 Å². The fraction of sp³-hybridized carbons (Fsp3) is 0.240. The Kier molecular flexibility index (Phi) is 7.53. The van der Waals surface area contributed by atoms with Gasteiger partial charge in [-0.25, -0.2) is 8.42 Å². The van der Waals surface area contributed by atoms with Crippen LogP contribution >= 0.6 is 0 Å². The zero-order chi connectivity index (χ0) is 23.1.